The summed E-state index contributed by atoms with van der Waals surface area (Å²) in [6.45, 7) is 5.72. The van der Waals surface area contributed by atoms with Crippen LogP contribution in [0.15, 0.2) is 31.1 Å². The van der Waals surface area contributed by atoms with Crippen LogP contribution in [0.25, 0.3) is 0 Å². The van der Waals surface area contributed by atoms with E-state index in [1.165, 1.54) is 0 Å². The van der Waals surface area contributed by atoms with E-state index in [-0.39, 0.29) is 0 Å². The average molecular weight is 193 g/mol. The summed E-state index contributed by atoms with van der Waals surface area (Å²) in [6.07, 6.45) is 6.14. The van der Waals surface area contributed by atoms with Gasteiger partial charge in [-0.3, -0.25) is 0 Å². The fraction of sp³-hybridized carbons (Fsp3) is 0.400. The maximum absolute atomic E-state index is 5.31. The second-order valence-corrected chi connectivity index (χ2v) is 2.69. The van der Waals surface area contributed by atoms with Gasteiger partial charge in [-0.05, 0) is 12.5 Å². The van der Waals surface area contributed by atoms with Crippen molar-refractivity contribution in [1.82, 2.24) is 9.97 Å². The fourth-order valence-corrected chi connectivity index (χ4v) is 0.894. The van der Waals surface area contributed by atoms with Crippen LogP contribution >= 0.6 is 0 Å². The van der Waals surface area contributed by atoms with Crippen molar-refractivity contribution in [2.24, 2.45) is 0 Å². The van der Waals surface area contributed by atoms with Gasteiger partial charge >= 0.3 is 0 Å². The van der Waals surface area contributed by atoms with E-state index in [1.54, 1.807) is 18.5 Å². The maximum atomic E-state index is 5.31. The zero-order valence-electron chi connectivity index (χ0n) is 8.15. The van der Waals surface area contributed by atoms with Crippen LogP contribution in [0, 0.1) is 0 Å². The van der Waals surface area contributed by atoms with E-state index >= 15 is 0 Å². The smallest absolute Gasteiger partial charge is 0.222 e. The SMILES string of the molecule is C=CCCOCCNc1ncccn1. The molecule has 0 saturated heterocycles. The van der Waals surface area contributed by atoms with Gasteiger partial charge in [0.1, 0.15) is 0 Å². The minimum absolute atomic E-state index is 0.639. The van der Waals surface area contributed by atoms with Gasteiger partial charge in [0, 0.05) is 18.9 Å². The quantitative estimate of drug-likeness (QED) is 0.526. The van der Waals surface area contributed by atoms with Crippen molar-refractivity contribution < 1.29 is 4.74 Å². The first kappa shape index (κ1) is 10.7. The van der Waals surface area contributed by atoms with Gasteiger partial charge in [0.2, 0.25) is 5.95 Å². The molecule has 0 spiro atoms. The highest BCUT2D eigenvalue weighted by atomic mass is 16.5. The summed E-state index contributed by atoms with van der Waals surface area (Å²) < 4.78 is 5.31. The third kappa shape index (κ3) is 4.57. The molecule has 0 fully saturated rings. The third-order valence-corrected chi connectivity index (χ3v) is 1.56. The molecular weight excluding hydrogens is 178 g/mol. The number of aromatic nitrogens is 2. The Labute approximate surface area is 84.0 Å². The Balaban J connectivity index is 2.02. The number of ether oxygens (including phenoxy) is 1. The van der Waals surface area contributed by atoms with Crippen molar-refractivity contribution in [1.29, 1.82) is 0 Å². The molecule has 0 atom stereocenters. The first-order valence-corrected chi connectivity index (χ1v) is 4.63. The number of hydrogen-bond acceptors (Lipinski definition) is 4. The van der Waals surface area contributed by atoms with Crippen LogP contribution < -0.4 is 5.32 Å². The van der Waals surface area contributed by atoms with E-state index in [9.17, 15) is 0 Å². The molecule has 0 aliphatic heterocycles. The second-order valence-electron chi connectivity index (χ2n) is 2.69. The standard InChI is InChI=1S/C10H15N3O/c1-2-3-8-14-9-7-13-10-11-5-4-6-12-10/h2,4-6H,1,3,7-9H2,(H,11,12,13). The fourth-order valence-electron chi connectivity index (χ4n) is 0.894. The lowest BCUT2D eigenvalue weighted by molar-refractivity contribution is 0.149. The Morgan fingerprint density at radius 3 is 2.86 bits per heavy atom. The third-order valence-electron chi connectivity index (χ3n) is 1.56. The van der Waals surface area contributed by atoms with Gasteiger partial charge in [-0.15, -0.1) is 6.58 Å². The Bertz CT molecular complexity index is 251. The molecule has 76 valence electrons. The van der Waals surface area contributed by atoms with Gasteiger partial charge in [0.15, 0.2) is 0 Å². The van der Waals surface area contributed by atoms with E-state index in [0.717, 1.165) is 19.6 Å². The van der Waals surface area contributed by atoms with Crippen LogP contribution in [-0.2, 0) is 4.74 Å². The van der Waals surface area contributed by atoms with Gasteiger partial charge in [-0.1, -0.05) is 6.08 Å². The first-order valence-electron chi connectivity index (χ1n) is 4.63. The summed E-state index contributed by atoms with van der Waals surface area (Å²) in [6, 6.07) is 1.78. The summed E-state index contributed by atoms with van der Waals surface area (Å²) in [5, 5.41) is 3.05. The Hall–Kier alpha value is -1.42. The van der Waals surface area contributed by atoms with Crippen molar-refractivity contribution in [3.63, 3.8) is 0 Å². The van der Waals surface area contributed by atoms with Gasteiger partial charge < -0.3 is 10.1 Å². The zero-order chi connectivity index (χ0) is 10.1. The average Bonchev–Trinajstić information content (AvgIpc) is 2.25. The molecule has 0 aliphatic rings. The van der Waals surface area contributed by atoms with E-state index in [1.807, 2.05) is 6.08 Å². The molecule has 4 nitrogen and oxygen atoms in total. The lowest BCUT2D eigenvalue weighted by atomic mass is 10.4. The molecule has 1 rings (SSSR count). The molecule has 1 aromatic heterocycles. The predicted molar refractivity (Wildman–Crippen MR) is 56.2 cm³/mol. The molecule has 1 N–H and O–H groups in total. The molecule has 1 aromatic rings. The predicted octanol–water partition coefficient (Wildman–Crippen LogP) is 1.48. The normalized spacial score (nSPS) is 9.71. The van der Waals surface area contributed by atoms with E-state index in [2.05, 4.69) is 21.9 Å². The second kappa shape index (κ2) is 7.03. The van der Waals surface area contributed by atoms with Gasteiger partial charge in [0.05, 0.1) is 13.2 Å². The summed E-state index contributed by atoms with van der Waals surface area (Å²) >= 11 is 0. The number of rotatable bonds is 7. The lowest BCUT2D eigenvalue weighted by Gasteiger charge is -2.04. The Morgan fingerprint density at radius 1 is 1.36 bits per heavy atom. The van der Waals surface area contributed by atoms with E-state index in [0.29, 0.717) is 12.6 Å². The van der Waals surface area contributed by atoms with Crippen LogP contribution in [0.5, 0.6) is 0 Å². The highest BCUT2D eigenvalue weighted by Crippen LogP contribution is 1.92. The molecule has 0 aliphatic carbocycles. The summed E-state index contributed by atoms with van der Waals surface area (Å²) in [5.74, 6) is 0.639. The zero-order valence-corrected chi connectivity index (χ0v) is 8.15. The molecule has 0 saturated carbocycles. The molecule has 0 amide bonds. The summed E-state index contributed by atoms with van der Waals surface area (Å²) in [7, 11) is 0. The minimum atomic E-state index is 0.639. The molecule has 14 heavy (non-hydrogen) atoms. The molecule has 1 heterocycles. The molecular formula is C10H15N3O. The lowest BCUT2D eigenvalue weighted by Crippen LogP contribution is -2.11. The molecule has 4 heteroatoms. The van der Waals surface area contributed by atoms with Gasteiger partial charge in [0.25, 0.3) is 0 Å². The monoisotopic (exact) mass is 193 g/mol. The van der Waals surface area contributed by atoms with Crippen molar-refractivity contribution in [3.8, 4) is 0 Å². The molecule has 0 aromatic carbocycles. The van der Waals surface area contributed by atoms with Crippen molar-refractivity contribution in [3.05, 3.63) is 31.1 Å². The highest BCUT2D eigenvalue weighted by molar-refractivity contribution is 5.21. The molecule has 0 unspecified atom stereocenters. The highest BCUT2D eigenvalue weighted by Gasteiger charge is 1.91. The number of nitrogens with one attached hydrogen (secondary N) is 1. The first-order chi connectivity index (χ1) is 6.93. The largest absolute Gasteiger partial charge is 0.379 e. The summed E-state index contributed by atoms with van der Waals surface area (Å²) in [5.41, 5.74) is 0. The number of anilines is 1. The van der Waals surface area contributed by atoms with Gasteiger partial charge in [-0.2, -0.15) is 0 Å². The van der Waals surface area contributed by atoms with Crippen LogP contribution in [-0.4, -0.2) is 29.7 Å². The van der Waals surface area contributed by atoms with Crippen LogP contribution in [0.3, 0.4) is 0 Å². The number of hydrogen-bond donors (Lipinski definition) is 1. The van der Waals surface area contributed by atoms with Crippen molar-refractivity contribution >= 4 is 5.95 Å². The van der Waals surface area contributed by atoms with Crippen LogP contribution in [0.2, 0.25) is 0 Å². The Morgan fingerprint density at radius 2 is 2.14 bits per heavy atom. The molecule has 0 radical (unpaired) electrons. The van der Waals surface area contributed by atoms with Crippen LogP contribution in [0.1, 0.15) is 6.42 Å². The maximum Gasteiger partial charge on any atom is 0.222 e. The topological polar surface area (TPSA) is 47.0 Å². The van der Waals surface area contributed by atoms with Crippen molar-refractivity contribution in [2.45, 2.75) is 6.42 Å². The Kier molecular flexibility index (Phi) is 5.35. The van der Waals surface area contributed by atoms with Gasteiger partial charge in [-0.25, -0.2) is 9.97 Å². The minimum Gasteiger partial charge on any atom is -0.379 e. The number of nitrogens with zero attached hydrogens (tertiary/aromatic N) is 2. The van der Waals surface area contributed by atoms with E-state index < -0.39 is 0 Å². The van der Waals surface area contributed by atoms with E-state index in [4.69, 9.17) is 4.74 Å². The van der Waals surface area contributed by atoms with Crippen molar-refractivity contribution in [2.75, 3.05) is 25.1 Å². The van der Waals surface area contributed by atoms with Crippen LogP contribution in [0.4, 0.5) is 5.95 Å². The summed E-state index contributed by atoms with van der Waals surface area (Å²) in [4.78, 5) is 8.04. The molecule has 0 bridgehead atoms.